The van der Waals surface area contributed by atoms with Crippen molar-refractivity contribution in [2.24, 2.45) is 7.05 Å². The highest BCUT2D eigenvalue weighted by atomic mass is 16.5. The van der Waals surface area contributed by atoms with Crippen LogP contribution in [0.4, 0.5) is 0 Å². The monoisotopic (exact) mass is 394 g/mol. The van der Waals surface area contributed by atoms with Crippen LogP contribution in [0.2, 0.25) is 0 Å². The zero-order chi connectivity index (χ0) is 20.5. The number of carbonyl (C=O) groups is 1. The summed E-state index contributed by atoms with van der Waals surface area (Å²) in [4.78, 5) is 20.7. The molecule has 1 aromatic carbocycles. The summed E-state index contributed by atoms with van der Waals surface area (Å²) in [5.41, 5.74) is 1.82. The summed E-state index contributed by atoms with van der Waals surface area (Å²) in [5, 5.41) is 4.80. The van der Waals surface area contributed by atoms with Crippen LogP contribution in [0, 0.1) is 6.92 Å². The summed E-state index contributed by atoms with van der Waals surface area (Å²) in [5.74, 6) is 2.31. The average molecular weight is 394 g/mol. The van der Waals surface area contributed by atoms with Crippen molar-refractivity contribution in [1.29, 1.82) is 0 Å². The topological polar surface area (TPSA) is 78.3 Å². The Hall–Kier alpha value is -3.09. The van der Waals surface area contributed by atoms with Gasteiger partial charge < -0.3 is 19.4 Å². The van der Waals surface area contributed by atoms with E-state index in [0.717, 1.165) is 40.0 Å². The van der Waals surface area contributed by atoms with Crippen molar-refractivity contribution in [1.82, 2.24) is 19.9 Å². The maximum Gasteiger partial charge on any atom is 0.221 e. The minimum atomic E-state index is 0.0209. The van der Waals surface area contributed by atoms with E-state index in [-0.39, 0.29) is 18.1 Å². The van der Waals surface area contributed by atoms with E-state index in [1.165, 1.54) is 0 Å². The fourth-order valence-corrected chi connectivity index (χ4v) is 3.53. The average Bonchev–Trinajstić information content (AvgIpc) is 3.24. The van der Waals surface area contributed by atoms with Gasteiger partial charge in [-0.15, -0.1) is 0 Å². The molecule has 1 amide bonds. The smallest absolute Gasteiger partial charge is 0.221 e. The Labute approximate surface area is 170 Å². The van der Waals surface area contributed by atoms with Gasteiger partial charge in [0.15, 0.2) is 0 Å². The second-order valence-corrected chi connectivity index (χ2v) is 7.75. The molecule has 0 unspecified atom stereocenters. The third-order valence-corrected chi connectivity index (χ3v) is 5.09. The van der Waals surface area contributed by atoms with Crippen molar-refractivity contribution in [3.63, 3.8) is 0 Å². The second kappa shape index (κ2) is 7.73. The third kappa shape index (κ3) is 4.04. The molecule has 152 valence electrons. The first-order valence-electron chi connectivity index (χ1n) is 9.92. The van der Waals surface area contributed by atoms with E-state index < -0.39 is 0 Å². The Morgan fingerprint density at radius 3 is 2.79 bits per heavy atom. The van der Waals surface area contributed by atoms with Crippen molar-refractivity contribution in [3.05, 3.63) is 36.4 Å². The first-order valence-corrected chi connectivity index (χ1v) is 9.92. The van der Waals surface area contributed by atoms with Gasteiger partial charge in [0, 0.05) is 36.8 Å². The van der Waals surface area contributed by atoms with E-state index in [1.807, 2.05) is 56.8 Å². The van der Waals surface area contributed by atoms with Crippen LogP contribution >= 0.6 is 0 Å². The molecule has 2 aromatic heterocycles. The molecule has 3 heterocycles. The third-order valence-electron chi connectivity index (χ3n) is 5.09. The molecule has 1 atom stereocenters. The largest absolute Gasteiger partial charge is 0.491 e. The summed E-state index contributed by atoms with van der Waals surface area (Å²) in [6, 6.07) is 5.97. The Morgan fingerprint density at radius 2 is 2.14 bits per heavy atom. The molecule has 0 spiro atoms. The molecule has 1 aliphatic heterocycles. The van der Waals surface area contributed by atoms with Crippen molar-refractivity contribution in [2.45, 2.75) is 45.8 Å². The van der Waals surface area contributed by atoms with Gasteiger partial charge in [-0.2, -0.15) is 0 Å². The molecule has 0 saturated carbocycles. The van der Waals surface area contributed by atoms with Gasteiger partial charge in [-0.25, -0.2) is 9.97 Å². The van der Waals surface area contributed by atoms with Gasteiger partial charge in [0.1, 0.15) is 18.2 Å². The maximum atomic E-state index is 11.4. The fourth-order valence-electron chi connectivity index (χ4n) is 3.53. The molecule has 0 radical (unpaired) electrons. The van der Waals surface area contributed by atoms with Crippen LogP contribution in [0.1, 0.15) is 32.5 Å². The predicted molar refractivity (Wildman–Crippen MR) is 111 cm³/mol. The lowest BCUT2D eigenvalue weighted by Gasteiger charge is -2.16. The van der Waals surface area contributed by atoms with Crippen LogP contribution in [0.3, 0.4) is 0 Å². The molecular formula is C22H26N4O3. The highest BCUT2D eigenvalue weighted by molar-refractivity contribution is 5.98. The van der Waals surface area contributed by atoms with Crippen LogP contribution in [0.5, 0.6) is 11.6 Å². The summed E-state index contributed by atoms with van der Waals surface area (Å²) in [6.45, 7) is 6.36. The number of aryl methyl sites for hydroxylation is 2. The van der Waals surface area contributed by atoms with Gasteiger partial charge in [-0.1, -0.05) is 0 Å². The summed E-state index contributed by atoms with van der Waals surface area (Å²) in [7, 11) is 1.98. The molecule has 7 heteroatoms. The number of carbonyl (C=O) groups excluding carboxylic acids is 1. The summed E-state index contributed by atoms with van der Waals surface area (Å²) in [6.07, 6.45) is 5.20. The highest BCUT2D eigenvalue weighted by Gasteiger charge is 2.22. The molecule has 3 aromatic rings. The lowest BCUT2D eigenvalue weighted by Crippen LogP contribution is -2.31. The molecule has 1 aliphatic rings. The standard InChI is InChI=1S/C22H26N4O3/c1-13(2)29-16-6-7-17-18(9-16)22(28-12-15-5-8-21(27)25-15)23-10-19(17)20-11-26(4)14(3)24-20/h6-7,9-11,13,15H,5,8,12H2,1-4H3,(H,25,27)/t15-/m0/s1. The van der Waals surface area contributed by atoms with Gasteiger partial charge in [0.25, 0.3) is 0 Å². The van der Waals surface area contributed by atoms with Gasteiger partial charge in [-0.05, 0) is 50.8 Å². The van der Waals surface area contributed by atoms with Crippen molar-refractivity contribution >= 4 is 16.7 Å². The van der Waals surface area contributed by atoms with Gasteiger partial charge >= 0.3 is 0 Å². The SMILES string of the molecule is Cc1nc(-c2cnc(OC[C@@H]3CCC(=O)N3)c3cc(OC(C)C)ccc23)cn1C. The quantitative estimate of drug-likeness (QED) is 0.693. The molecule has 1 N–H and O–H groups in total. The van der Waals surface area contributed by atoms with E-state index in [2.05, 4.69) is 15.3 Å². The number of nitrogens with one attached hydrogen (secondary N) is 1. The van der Waals surface area contributed by atoms with Crippen molar-refractivity contribution in [3.8, 4) is 22.9 Å². The predicted octanol–water partition coefficient (Wildman–Crippen LogP) is 3.39. The van der Waals surface area contributed by atoms with E-state index in [9.17, 15) is 4.79 Å². The summed E-state index contributed by atoms with van der Waals surface area (Å²) < 4.78 is 13.9. The van der Waals surface area contributed by atoms with Crippen LogP contribution in [-0.2, 0) is 11.8 Å². The number of hydrogen-bond donors (Lipinski definition) is 1. The highest BCUT2D eigenvalue weighted by Crippen LogP contribution is 2.35. The van der Waals surface area contributed by atoms with Crippen LogP contribution < -0.4 is 14.8 Å². The van der Waals surface area contributed by atoms with Gasteiger partial charge in [0.05, 0.1) is 17.8 Å². The lowest BCUT2D eigenvalue weighted by atomic mass is 10.0. The Morgan fingerprint density at radius 1 is 1.31 bits per heavy atom. The molecule has 1 saturated heterocycles. The molecule has 29 heavy (non-hydrogen) atoms. The molecule has 7 nitrogen and oxygen atoms in total. The van der Waals surface area contributed by atoms with E-state index in [1.54, 1.807) is 6.20 Å². The van der Waals surface area contributed by atoms with E-state index >= 15 is 0 Å². The van der Waals surface area contributed by atoms with Crippen LogP contribution in [-0.4, -0.2) is 39.2 Å². The van der Waals surface area contributed by atoms with E-state index in [4.69, 9.17) is 9.47 Å². The van der Waals surface area contributed by atoms with Crippen molar-refractivity contribution in [2.75, 3.05) is 6.61 Å². The number of nitrogens with zero attached hydrogens (tertiary/aromatic N) is 3. The number of fused-ring (bicyclic) bond motifs is 1. The van der Waals surface area contributed by atoms with Crippen LogP contribution in [0.25, 0.3) is 22.0 Å². The number of aromatic nitrogens is 3. The number of rotatable bonds is 6. The van der Waals surface area contributed by atoms with E-state index in [0.29, 0.717) is 18.9 Å². The lowest BCUT2D eigenvalue weighted by molar-refractivity contribution is -0.119. The number of hydrogen-bond acceptors (Lipinski definition) is 5. The maximum absolute atomic E-state index is 11.4. The molecule has 0 aliphatic carbocycles. The summed E-state index contributed by atoms with van der Waals surface area (Å²) >= 11 is 0. The first-order chi connectivity index (χ1) is 13.9. The second-order valence-electron chi connectivity index (χ2n) is 7.75. The number of imidazole rings is 1. The molecule has 4 rings (SSSR count). The Kier molecular flexibility index (Phi) is 5.13. The zero-order valence-electron chi connectivity index (χ0n) is 17.2. The fraction of sp³-hybridized carbons (Fsp3) is 0.409. The molecule has 1 fully saturated rings. The number of benzene rings is 1. The minimum Gasteiger partial charge on any atom is -0.491 e. The molecule has 0 bridgehead atoms. The number of amides is 1. The van der Waals surface area contributed by atoms with Crippen LogP contribution in [0.15, 0.2) is 30.6 Å². The number of ether oxygens (including phenoxy) is 2. The minimum absolute atomic E-state index is 0.0209. The molecular weight excluding hydrogens is 368 g/mol. The Balaban J connectivity index is 1.73. The van der Waals surface area contributed by atoms with Gasteiger partial charge in [-0.3, -0.25) is 4.79 Å². The van der Waals surface area contributed by atoms with Gasteiger partial charge in [0.2, 0.25) is 11.8 Å². The first kappa shape index (κ1) is 19.2. The zero-order valence-corrected chi connectivity index (χ0v) is 17.2. The van der Waals surface area contributed by atoms with Crippen molar-refractivity contribution < 1.29 is 14.3 Å². The normalized spacial score (nSPS) is 16.4. The number of pyridine rings is 1. The Bertz CT molecular complexity index is 1040.